The van der Waals surface area contributed by atoms with Gasteiger partial charge in [-0.2, -0.15) is 0 Å². The molecule has 2 N–H and O–H groups in total. The second kappa shape index (κ2) is 7.69. The Hall–Kier alpha value is -2.04. The molecule has 126 valence electrons. The average molecular weight is 344 g/mol. The highest BCUT2D eigenvalue weighted by atomic mass is 35.5. The molecule has 24 heavy (non-hydrogen) atoms. The summed E-state index contributed by atoms with van der Waals surface area (Å²) < 4.78 is 0. The zero-order valence-electron chi connectivity index (χ0n) is 13.6. The lowest BCUT2D eigenvalue weighted by Gasteiger charge is -2.35. The van der Waals surface area contributed by atoms with E-state index < -0.39 is 0 Å². The average Bonchev–Trinajstić information content (AvgIpc) is 2.55. The Balaban J connectivity index is 1.50. The van der Waals surface area contributed by atoms with Crippen molar-refractivity contribution in [3.8, 4) is 0 Å². The highest BCUT2D eigenvalue weighted by molar-refractivity contribution is 6.30. The lowest BCUT2D eigenvalue weighted by Crippen LogP contribution is -2.48. The smallest absolute Gasteiger partial charge is 0.227 e. The Morgan fingerprint density at radius 3 is 2.42 bits per heavy atom. The topological polar surface area (TPSA) is 49.6 Å². The van der Waals surface area contributed by atoms with E-state index in [0.717, 1.165) is 44.0 Å². The third-order valence-corrected chi connectivity index (χ3v) is 4.56. The predicted molar refractivity (Wildman–Crippen MR) is 97.9 cm³/mol. The minimum atomic E-state index is 0.167. The maximum absolute atomic E-state index is 12.4. The first-order valence-electron chi connectivity index (χ1n) is 8.19. The second-order valence-electron chi connectivity index (χ2n) is 6.21. The molecular formula is C19H22ClN3O. The molecule has 1 aliphatic rings. The number of carbonyl (C=O) groups excluding carboxylic acids is 1. The second-order valence-corrected chi connectivity index (χ2v) is 6.65. The first-order valence-corrected chi connectivity index (χ1v) is 8.57. The highest BCUT2D eigenvalue weighted by Gasteiger charge is 2.21. The number of anilines is 1. The van der Waals surface area contributed by atoms with E-state index in [2.05, 4.69) is 11.0 Å². The number of nitrogens with zero attached hydrogens (tertiary/aromatic N) is 2. The molecule has 0 spiro atoms. The lowest BCUT2D eigenvalue weighted by atomic mass is 10.1. The van der Waals surface area contributed by atoms with Crippen molar-refractivity contribution in [2.75, 3.05) is 31.9 Å². The van der Waals surface area contributed by atoms with Gasteiger partial charge in [-0.25, -0.2) is 0 Å². The number of benzene rings is 2. The van der Waals surface area contributed by atoms with E-state index in [0.29, 0.717) is 11.4 Å². The molecule has 2 aromatic carbocycles. The molecule has 0 aromatic heterocycles. The molecule has 5 heteroatoms. The number of piperazine rings is 1. The van der Waals surface area contributed by atoms with Gasteiger partial charge in [0.1, 0.15) is 0 Å². The Morgan fingerprint density at radius 2 is 1.71 bits per heavy atom. The largest absolute Gasteiger partial charge is 0.399 e. The van der Waals surface area contributed by atoms with Gasteiger partial charge in [-0.3, -0.25) is 9.69 Å². The minimum absolute atomic E-state index is 0.167. The Labute approximate surface area is 147 Å². The number of carbonyl (C=O) groups is 1. The van der Waals surface area contributed by atoms with Gasteiger partial charge in [-0.15, -0.1) is 0 Å². The summed E-state index contributed by atoms with van der Waals surface area (Å²) in [5.41, 5.74) is 8.81. The zero-order valence-corrected chi connectivity index (χ0v) is 14.4. The molecule has 0 atom stereocenters. The molecule has 4 nitrogen and oxygen atoms in total. The van der Waals surface area contributed by atoms with Crippen LogP contribution >= 0.6 is 11.6 Å². The van der Waals surface area contributed by atoms with Gasteiger partial charge in [0.25, 0.3) is 0 Å². The van der Waals surface area contributed by atoms with E-state index in [-0.39, 0.29) is 5.91 Å². The van der Waals surface area contributed by atoms with Crippen LogP contribution < -0.4 is 5.73 Å². The van der Waals surface area contributed by atoms with Crippen LogP contribution in [0, 0.1) is 0 Å². The maximum atomic E-state index is 12.4. The van der Waals surface area contributed by atoms with E-state index >= 15 is 0 Å². The van der Waals surface area contributed by atoms with E-state index in [1.54, 1.807) is 0 Å². The summed E-state index contributed by atoms with van der Waals surface area (Å²) in [6, 6.07) is 15.5. The highest BCUT2D eigenvalue weighted by Crippen LogP contribution is 2.14. The third kappa shape index (κ3) is 4.49. The van der Waals surface area contributed by atoms with Crippen LogP contribution in [0.2, 0.25) is 5.02 Å². The van der Waals surface area contributed by atoms with Crippen LogP contribution in [0.25, 0.3) is 0 Å². The van der Waals surface area contributed by atoms with Gasteiger partial charge >= 0.3 is 0 Å². The van der Waals surface area contributed by atoms with Crippen LogP contribution in [0.15, 0.2) is 48.5 Å². The van der Waals surface area contributed by atoms with E-state index in [9.17, 15) is 4.79 Å². The fraction of sp³-hybridized carbons (Fsp3) is 0.316. The third-order valence-electron chi connectivity index (χ3n) is 4.33. The number of amides is 1. The van der Waals surface area contributed by atoms with Gasteiger partial charge in [-0.1, -0.05) is 35.9 Å². The summed E-state index contributed by atoms with van der Waals surface area (Å²) in [6.07, 6.45) is 0.412. The van der Waals surface area contributed by atoms with Crippen LogP contribution in [0.4, 0.5) is 5.69 Å². The van der Waals surface area contributed by atoms with Crippen molar-refractivity contribution < 1.29 is 4.79 Å². The van der Waals surface area contributed by atoms with Gasteiger partial charge in [-0.05, 0) is 35.4 Å². The quantitative estimate of drug-likeness (QED) is 0.868. The molecule has 1 aliphatic heterocycles. The normalized spacial score (nSPS) is 15.5. The fourth-order valence-corrected chi connectivity index (χ4v) is 3.25. The van der Waals surface area contributed by atoms with E-state index in [4.69, 9.17) is 17.3 Å². The summed E-state index contributed by atoms with van der Waals surface area (Å²) in [4.78, 5) is 16.7. The Bertz CT molecular complexity index is 711. The van der Waals surface area contributed by atoms with E-state index in [1.807, 2.05) is 47.4 Å². The number of hydrogen-bond acceptors (Lipinski definition) is 3. The molecule has 0 aliphatic carbocycles. The monoisotopic (exact) mass is 343 g/mol. The first kappa shape index (κ1) is 16.8. The van der Waals surface area contributed by atoms with E-state index in [1.165, 1.54) is 5.56 Å². The molecule has 0 radical (unpaired) electrons. The molecule has 0 unspecified atom stereocenters. The Kier molecular flexibility index (Phi) is 5.38. The number of nitrogen functional groups attached to an aromatic ring is 1. The number of nitrogens with two attached hydrogens (primary N) is 1. The van der Waals surface area contributed by atoms with Crippen molar-refractivity contribution in [1.29, 1.82) is 0 Å². The standard InChI is InChI=1S/C19H22ClN3O/c20-17-5-1-3-15(11-17)13-19(24)23-9-7-22(8-10-23)14-16-4-2-6-18(21)12-16/h1-6,11-12H,7-10,13-14,21H2. The SMILES string of the molecule is Nc1cccc(CN2CCN(C(=O)Cc3cccc(Cl)c3)CC2)c1. The van der Waals surface area contributed by atoms with Crippen molar-refractivity contribution >= 4 is 23.2 Å². The van der Waals surface area contributed by atoms with Crippen LogP contribution in [0.3, 0.4) is 0 Å². The van der Waals surface area contributed by atoms with Crippen LogP contribution in [0.5, 0.6) is 0 Å². The van der Waals surface area contributed by atoms with Crippen molar-refractivity contribution in [2.24, 2.45) is 0 Å². The van der Waals surface area contributed by atoms with Gasteiger partial charge < -0.3 is 10.6 Å². The van der Waals surface area contributed by atoms with Crippen LogP contribution in [-0.4, -0.2) is 41.9 Å². The molecule has 1 fully saturated rings. The molecule has 0 bridgehead atoms. The molecule has 1 saturated heterocycles. The predicted octanol–water partition coefficient (Wildman–Crippen LogP) is 2.81. The van der Waals surface area contributed by atoms with Gasteiger partial charge in [0.2, 0.25) is 5.91 Å². The number of hydrogen-bond donors (Lipinski definition) is 1. The first-order chi connectivity index (χ1) is 11.6. The minimum Gasteiger partial charge on any atom is -0.399 e. The summed E-state index contributed by atoms with van der Waals surface area (Å²) >= 11 is 5.98. The molecule has 1 amide bonds. The van der Waals surface area contributed by atoms with Crippen LogP contribution in [-0.2, 0) is 17.8 Å². The summed E-state index contributed by atoms with van der Waals surface area (Å²) in [6.45, 7) is 4.18. The molecule has 0 saturated carbocycles. The van der Waals surface area contributed by atoms with Crippen molar-refractivity contribution in [3.63, 3.8) is 0 Å². The summed E-state index contributed by atoms with van der Waals surface area (Å²) in [5, 5.41) is 0.673. The fourth-order valence-electron chi connectivity index (χ4n) is 3.04. The lowest BCUT2D eigenvalue weighted by molar-refractivity contribution is -0.132. The van der Waals surface area contributed by atoms with Gasteiger partial charge in [0.15, 0.2) is 0 Å². The van der Waals surface area contributed by atoms with Crippen LogP contribution in [0.1, 0.15) is 11.1 Å². The summed E-state index contributed by atoms with van der Waals surface area (Å²) in [5.74, 6) is 0.167. The maximum Gasteiger partial charge on any atom is 0.227 e. The summed E-state index contributed by atoms with van der Waals surface area (Å²) in [7, 11) is 0. The molecule has 1 heterocycles. The molecule has 2 aromatic rings. The Morgan fingerprint density at radius 1 is 1.00 bits per heavy atom. The number of halogens is 1. The van der Waals surface area contributed by atoms with Crippen molar-refractivity contribution in [2.45, 2.75) is 13.0 Å². The van der Waals surface area contributed by atoms with Gasteiger partial charge in [0.05, 0.1) is 6.42 Å². The zero-order chi connectivity index (χ0) is 16.9. The molecular weight excluding hydrogens is 322 g/mol. The number of rotatable bonds is 4. The van der Waals surface area contributed by atoms with Crippen molar-refractivity contribution in [3.05, 3.63) is 64.7 Å². The van der Waals surface area contributed by atoms with Gasteiger partial charge in [0, 0.05) is 43.4 Å². The molecule has 3 rings (SSSR count). The van der Waals surface area contributed by atoms with Crippen molar-refractivity contribution in [1.82, 2.24) is 9.80 Å².